The number of benzene rings is 3. The number of aromatic nitrogens is 2. The van der Waals surface area contributed by atoms with E-state index in [1.807, 2.05) is 48.5 Å². The Morgan fingerprint density at radius 1 is 0.844 bits per heavy atom. The van der Waals surface area contributed by atoms with Gasteiger partial charge in [-0.2, -0.15) is 4.98 Å². The van der Waals surface area contributed by atoms with Gasteiger partial charge in [-0.3, -0.25) is 4.79 Å². The minimum Gasteiger partial charge on any atom is -0.497 e. The third-order valence-corrected chi connectivity index (χ3v) is 4.59. The van der Waals surface area contributed by atoms with Crippen molar-refractivity contribution < 1.29 is 23.5 Å². The molecule has 2 N–H and O–H groups in total. The van der Waals surface area contributed by atoms with E-state index in [-0.39, 0.29) is 6.61 Å². The molecule has 0 unspecified atom stereocenters. The number of methoxy groups -OCH3 is 1. The van der Waals surface area contributed by atoms with Gasteiger partial charge in [0.25, 0.3) is 11.8 Å². The molecule has 0 fully saturated rings. The minimum atomic E-state index is -0.532. The molecule has 0 atom stereocenters. The van der Waals surface area contributed by atoms with Crippen molar-refractivity contribution in [2.45, 2.75) is 6.61 Å². The Kier molecular flexibility index (Phi) is 6.31. The van der Waals surface area contributed by atoms with E-state index in [4.69, 9.17) is 24.5 Å². The zero-order valence-electron chi connectivity index (χ0n) is 17.4. The molecule has 0 aliphatic rings. The molecule has 1 heterocycles. The second kappa shape index (κ2) is 9.65. The quantitative estimate of drug-likeness (QED) is 0.428. The first-order chi connectivity index (χ1) is 15.6. The van der Waals surface area contributed by atoms with E-state index in [1.54, 1.807) is 31.4 Å². The van der Waals surface area contributed by atoms with Crippen LogP contribution in [0.1, 0.15) is 5.56 Å². The summed E-state index contributed by atoms with van der Waals surface area (Å²) in [5.41, 5.74) is 7.65. The van der Waals surface area contributed by atoms with Crippen molar-refractivity contribution in [3.8, 4) is 40.1 Å². The van der Waals surface area contributed by atoms with Crippen molar-refractivity contribution >= 4 is 5.91 Å². The second-order valence-corrected chi connectivity index (χ2v) is 6.86. The van der Waals surface area contributed by atoms with Gasteiger partial charge in [0.1, 0.15) is 23.9 Å². The van der Waals surface area contributed by atoms with Gasteiger partial charge in [-0.1, -0.05) is 17.3 Å². The Hall–Kier alpha value is -4.33. The molecule has 8 heteroatoms. The molecule has 1 aromatic heterocycles. The number of amides is 1. The fourth-order valence-corrected chi connectivity index (χ4v) is 2.89. The van der Waals surface area contributed by atoms with Gasteiger partial charge in [0, 0.05) is 11.1 Å². The maximum Gasteiger partial charge on any atom is 0.258 e. The van der Waals surface area contributed by atoms with Crippen molar-refractivity contribution in [3.05, 3.63) is 78.4 Å². The molecule has 0 saturated heterocycles. The predicted octanol–water partition coefficient (Wildman–Crippen LogP) is 3.86. The number of carbonyl (C=O) groups is 1. The van der Waals surface area contributed by atoms with E-state index in [1.165, 1.54) is 0 Å². The normalized spacial score (nSPS) is 10.5. The number of nitrogens with zero attached hydrogens (tertiary/aromatic N) is 2. The van der Waals surface area contributed by atoms with E-state index in [2.05, 4.69) is 10.1 Å². The lowest BCUT2D eigenvalue weighted by molar-refractivity contribution is -0.119. The minimum absolute atomic E-state index is 0.174. The predicted molar refractivity (Wildman–Crippen MR) is 117 cm³/mol. The fourth-order valence-electron chi connectivity index (χ4n) is 2.89. The first-order valence-electron chi connectivity index (χ1n) is 9.82. The summed E-state index contributed by atoms with van der Waals surface area (Å²) < 4.78 is 21.6. The highest BCUT2D eigenvalue weighted by molar-refractivity contribution is 5.75. The summed E-state index contributed by atoms with van der Waals surface area (Å²) in [5, 5.41) is 4.04. The number of nitrogens with two attached hydrogens (primary N) is 1. The zero-order valence-corrected chi connectivity index (χ0v) is 17.4. The summed E-state index contributed by atoms with van der Waals surface area (Å²) in [6.07, 6.45) is 0. The molecule has 0 radical (unpaired) electrons. The molecule has 0 aliphatic carbocycles. The van der Waals surface area contributed by atoms with E-state index in [0.717, 1.165) is 28.2 Å². The molecule has 0 aliphatic heterocycles. The maximum absolute atomic E-state index is 10.8. The van der Waals surface area contributed by atoms with Crippen LogP contribution >= 0.6 is 0 Å². The lowest BCUT2D eigenvalue weighted by Gasteiger charge is -2.07. The van der Waals surface area contributed by atoms with Crippen molar-refractivity contribution in [2.24, 2.45) is 5.73 Å². The molecular weight excluding hydrogens is 410 g/mol. The van der Waals surface area contributed by atoms with Gasteiger partial charge in [0.15, 0.2) is 6.61 Å². The fraction of sp³-hybridized carbons (Fsp3) is 0.125. The van der Waals surface area contributed by atoms with Gasteiger partial charge >= 0.3 is 0 Å². The number of rotatable bonds is 9. The van der Waals surface area contributed by atoms with Crippen LogP contribution in [0, 0.1) is 0 Å². The SMILES string of the molecule is COc1ccc(OCc2ccc(-c3nc(-c4ccc(OCC(N)=O)cc4)no3)cc2)cc1. The Labute approximate surface area is 184 Å². The van der Waals surface area contributed by atoms with Crippen LogP contribution < -0.4 is 19.9 Å². The van der Waals surface area contributed by atoms with Gasteiger partial charge in [0.05, 0.1) is 7.11 Å². The largest absolute Gasteiger partial charge is 0.497 e. The summed E-state index contributed by atoms with van der Waals surface area (Å²) >= 11 is 0. The van der Waals surface area contributed by atoms with Gasteiger partial charge in [-0.15, -0.1) is 0 Å². The monoisotopic (exact) mass is 431 g/mol. The summed E-state index contributed by atoms with van der Waals surface area (Å²) in [5.74, 6) is 2.42. The Morgan fingerprint density at radius 3 is 2.09 bits per heavy atom. The molecule has 0 bridgehead atoms. The van der Waals surface area contributed by atoms with Crippen LogP contribution in [-0.2, 0) is 11.4 Å². The van der Waals surface area contributed by atoms with Gasteiger partial charge in [-0.05, 0) is 66.2 Å². The van der Waals surface area contributed by atoms with Crippen LogP contribution in [0.15, 0.2) is 77.3 Å². The molecule has 4 rings (SSSR count). The molecule has 1 amide bonds. The smallest absolute Gasteiger partial charge is 0.258 e. The molecule has 4 aromatic rings. The third kappa shape index (κ3) is 5.23. The molecule has 8 nitrogen and oxygen atoms in total. The third-order valence-electron chi connectivity index (χ3n) is 4.59. The first-order valence-corrected chi connectivity index (χ1v) is 9.82. The van der Waals surface area contributed by atoms with E-state index in [0.29, 0.717) is 24.1 Å². The Morgan fingerprint density at radius 2 is 1.44 bits per heavy atom. The van der Waals surface area contributed by atoms with Gasteiger partial charge in [-0.25, -0.2) is 0 Å². The highest BCUT2D eigenvalue weighted by Gasteiger charge is 2.11. The van der Waals surface area contributed by atoms with Crippen molar-refractivity contribution in [3.63, 3.8) is 0 Å². The molecular formula is C24H21N3O5. The average molecular weight is 431 g/mol. The molecule has 0 spiro atoms. The van der Waals surface area contributed by atoms with Gasteiger partial charge in [0.2, 0.25) is 5.82 Å². The van der Waals surface area contributed by atoms with Crippen molar-refractivity contribution in [2.75, 3.05) is 13.7 Å². The lowest BCUT2D eigenvalue weighted by Crippen LogP contribution is -2.19. The molecule has 0 saturated carbocycles. The van der Waals surface area contributed by atoms with Crippen LogP contribution in [0.3, 0.4) is 0 Å². The van der Waals surface area contributed by atoms with Crippen LogP contribution in [0.5, 0.6) is 17.2 Å². The van der Waals surface area contributed by atoms with Crippen LogP contribution in [0.25, 0.3) is 22.8 Å². The number of primary amides is 1. The summed E-state index contributed by atoms with van der Waals surface area (Å²) in [6.45, 7) is 0.263. The number of hydrogen-bond acceptors (Lipinski definition) is 7. The van der Waals surface area contributed by atoms with Crippen LogP contribution in [0.2, 0.25) is 0 Å². The Balaban J connectivity index is 1.37. The number of hydrogen-bond donors (Lipinski definition) is 1. The highest BCUT2D eigenvalue weighted by Crippen LogP contribution is 2.25. The first kappa shape index (κ1) is 20.9. The van der Waals surface area contributed by atoms with E-state index < -0.39 is 5.91 Å². The molecule has 32 heavy (non-hydrogen) atoms. The van der Waals surface area contributed by atoms with Gasteiger partial charge < -0.3 is 24.5 Å². The number of carbonyl (C=O) groups excluding carboxylic acids is 1. The number of ether oxygens (including phenoxy) is 3. The summed E-state index contributed by atoms with van der Waals surface area (Å²) in [6, 6.07) is 22.2. The summed E-state index contributed by atoms with van der Waals surface area (Å²) in [7, 11) is 1.63. The topological polar surface area (TPSA) is 110 Å². The zero-order chi connectivity index (χ0) is 22.3. The summed E-state index contributed by atoms with van der Waals surface area (Å²) in [4.78, 5) is 15.3. The lowest BCUT2D eigenvalue weighted by atomic mass is 10.1. The molecule has 162 valence electrons. The van der Waals surface area contributed by atoms with E-state index >= 15 is 0 Å². The highest BCUT2D eigenvalue weighted by atomic mass is 16.5. The van der Waals surface area contributed by atoms with Crippen LogP contribution in [0.4, 0.5) is 0 Å². The molecule has 3 aromatic carbocycles. The average Bonchev–Trinajstić information content (AvgIpc) is 3.33. The standard InChI is InChI=1S/C24H21N3O5/c1-29-19-10-12-21(13-11-19)30-14-16-2-4-18(5-3-16)24-26-23(27-32-24)17-6-8-20(9-7-17)31-15-22(25)28/h2-13H,14-15H2,1H3,(H2,25,28). The Bertz CT molecular complexity index is 1170. The second-order valence-electron chi connectivity index (χ2n) is 6.86. The van der Waals surface area contributed by atoms with Crippen molar-refractivity contribution in [1.29, 1.82) is 0 Å². The van der Waals surface area contributed by atoms with E-state index in [9.17, 15) is 4.79 Å². The van der Waals surface area contributed by atoms with Crippen molar-refractivity contribution in [1.82, 2.24) is 10.1 Å². The van der Waals surface area contributed by atoms with Crippen LogP contribution in [-0.4, -0.2) is 29.8 Å². The maximum atomic E-state index is 10.8.